The van der Waals surface area contributed by atoms with E-state index in [1.807, 2.05) is 6.92 Å². The van der Waals surface area contributed by atoms with Gasteiger partial charge in [-0.2, -0.15) is 5.10 Å². The maximum Gasteiger partial charge on any atom is 0.381 e. The molecule has 0 spiro atoms. The highest BCUT2D eigenvalue weighted by Gasteiger charge is 2.37. The highest BCUT2D eigenvalue weighted by molar-refractivity contribution is 5.94. The summed E-state index contributed by atoms with van der Waals surface area (Å²) in [6, 6.07) is 2.90. The summed E-state index contributed by atoms with van der Waals surface area (Å²) in [6.07, 6.45) is -0.249. The fourth-order valence-electron chi connectivity index (χ4n) is 5.76. The van der Waals surface area contributed by atoms with Crippen LogP contribution in [0.5, 0.6) is 5.75 Å². The number of nitrogens with zero attached hydrogens (tertiary/aromatic N) is 5. The van der Waals surface area contributed by atoms with Crippen LogP contribution in [0.25, 0.3) is 16.9 Å². The molecule has 10 nitrogen and oxygen atoms in total. The van der Waals surface area contributed by atoms with Crippen LogP contribution in [0.2, 0.25) is 0 Å². The van der Waals surface area contributed by atoms with E-state index >= 15 is 4.39 Å². The van der Waals surface area contributed by atoms with Crippen LogP contribution in [-0.4, -0.2) is 81.2 Å². The molecule has 0 aliphatic carbocycles. The topological polar surface area (TPSA) is 98.5 Å². The summed E-state index contributed by atoms with van der Waals surface area (Å²) >= 11 is 0. The van der Waals surface area contributed by atoms with Crippen LogP contribution in [0.15, 0.2) is 12.1 Å². The molecule has 2 aliphatic heterocycles. The van der Waals surface area contributed by atoms with Crippen molar-refractivity contribution < 1.29 is 32.9 Å². The largest absolute Gasteiger partial charge is 0.490 e. The van der Waals surface area contributed by atoms with Gasteiger partial charge in [0, 0.05) is 59.2 Å². The van der Waals surface area contributed by atoms with Crippen molar-refractivity contribution in [2.75, 3.05) is 39.3 Å². The molecule has 1 fully saturated rings. The van der Waals surface area contributed by atoms with E-state index < -0.39 is 23.5 Å². The first-order chi connectivity index (χ1) is 19.9. The van der Waals surface area contributed by atoms with Crippen LogP contribution in [0.3, 0.4) is 0 Å². The lowest BCUT2D eigenvalue weighted by Gasteiger charge is -2.33. The Bertz CT molecular complexity index is 1520. The Hall–Kier alpha value is -3.64. The first-order valence-corrected chi connectivity index (χ1v) is 14.3. The molecule has 226 valence electrons. The van der Waals surface area contributed by atoms with Gasteiger partial charge in [0.2, 0.25) is 0 Å². The van der Waals surface area contributed by atoms with Crippen molar-refractivity contribution in [1.82, 2.24) is 24.4 Å². The number of aryl methyl sites for hydroxylation is 1. The van der Waals surface area contributed by atoms with E-state index in [9.17, 15) is 14.1 Å². The SMILES string of the molecule is CCN1CCN(C(=O)c2cc3nc(C)c([C@H](OC(C)(C)C)C(=O)OF)c(-c4cc(F)c5c(c4C)CCCO5)n3n2)CC1. The number of hydrogen-bond acceptors (Lipinski definition) is 8. The van der Waals surface area contributed by atoms with E-state index in [-0.39, 0.29) is 28.6 Å². The van der Waals surface area contributed by atoms with Crippen molar-refractivity contribution in [3.63, 3.8) is 0 Å². The summed E-state index contributed by atoms with van der Waals surface area (Å²) in [7, 11) is 0. The van der Waals surface area contributed by atoms with Crippen molar-refractivity contribution in [2.45, 2.75) is 66.1 Å². The highest BCUT2D eigenvalue weighted by Crippen LogP contribution is 2.42. The van der Waals surface area contributed by atoms with Crippen molar-refractivity contribution in [3.05, 3.63) is 46.0 Å². The number of carbonyl (C=O) groups excluding carboxylic acids is 2. The fourth-order valence-corrected chi connectivity index (χ4v) is 5.76. The van der Waals surface area contributed by atoms with E-state index in [0.29, 0.717) is 60.6 Å². The van der Waals surface area contributed by atoms with Crippen LogP contribution in [0.4, 0.5) is 8.92 Å². The third-order valence-electron chi connectivity index (χ3n) is 7.87. The maximum atomic E-state index is 15.5. The molecule has 0 radical (unpaired) electrons. The Kier molecular flexibility index (Phi) is 8.21. The van der Waals surface area contributed by atoms with Gasteiger partial charge in [0.05, 0.1) is 17.9 Å². The smallest absolute Gasteiger partial charge is 0.381 e. The number of ether oxygens (including phenoxy) is 2. The molecule has 2 aliphatic rings. The van der Waals surface area contributed by atoms with Gasteiger partial charge < -0.3 is 19.3 Å². The highest BCUT2D eigenvalue weighted by atomic mass is 19.3. The van der Waals surface area contributed by atoms with E-state index in [0.717, 1.165) is 19.6 Å². The zero-order valence-corrected chi connectivity index (χ0v) is 24.9. The first-order valence-electron chi connectivity index (χ1n) is 14.3. The number of benzene rings is 1. The molecule has 0 unspecified atom stereocenters. The van der Waals surface area contributed by atoms with Crippen molar-refractivity contribution in [3.8, 4) is 17.0 Å². The summed E-state index contributed by atoms with van der Waals surface area (Å²) < 4.78 is 42.1. The van der Waals surface area contributed by atoms with E-state index in [1.165, 1.54) is 10.6 Å². The summed E-state index contributed by atoms with van der Waals surface area (Å²) in [5, 5.41) is 4.65. The molecular weight excluding hydrogens is 548 g/mol. The van der Waals surface area contributed by atoms with Crippen LogP contribution < -0.4 is 4.74 Å². The minimum Gasteiger partial charge on any atom is -0.490 e. The predicted molar refractivity (Wildman–Crippen MR) is 150 cm³/mol. The van der Waals surface area contributed by atoms with E-state index in [1.54, 1.807) is 38.7 Å². The number of piperazine rings is 1. The van der Waals surface area contributed by atoms with Crippen molar-refractivity contribution in [2.24, 2.45) is 0 Å². The standard InChI is InChI=1S/C30H37F2N5O5/c1-7-35-10-12-36(13-11-35)28(38)22-16-23-33-18(3)24(27(29(39)42-32)41-30(4,5)6)25(37(23)34-22)20-15-21(31)26-19(17(20)2)9-8-14-40-26/h15-16,27H,7-14H2,1-6H3/t27-/m0/s1. The number of fused-ring (bicyclic) bond motifs is 2. The van der Waals surface area contributed by atoms with Gasteiger partial charge in [-0.15, -0.1) is 0 Å². The van der Waals surface area contributed by atoms with Gasteiger partial charge in [-0.3, -0.25) is 9.74 Å². The number of hydrogen-bond donors (Lipinski definition) is 0. The Balaban J connectivity index is 1.75. The second-order valence-corrected chi connectivity index (χ2v) is 11.8. The van der Waals surface area contributed by atoms with Crippen LogP contribution in [0, 0.1) is 19.7 Å². The Morgan fingerprint density at radius 3 is 2.50 bits per heavy atom. The molecule has 42 heavy (non-hydrogen) atoms. The third-order valence-corrected chi connectivity index (χ3v) is 7.87. The van der Waals surface area contributed by atoms with Gasteiger partial charge in [0.15, 0.2) is 29.0 Å². The molecular formula is C30H37F2N5O5. The van der Waals surface area contributed by atoms with Gasteiger partial charge in [0.1, 0.15) is 0 Å². The maximum absolute atomic E-state index is 15.5. The predicted octanol–water partition coefficient (Wildman–Crippen LogP) is 4.54. The average Bonchev–Trinajstić information content (AvgIpc) is 3.39. The van der Waals surface area contributed by atoms with Crippen LogP contribution in [-0.2, 0) is 20.9 Å². The molecule has 1 aromatic carbocycles. The first kappa shape index (κ1) is 29.8. The second kappa shape index (κ2) is 11.6. The van der Waals surface area contributed by atoms with E-state index in [2.05, 4.69) is 26.8 Å². The number of amides is 1. The van der Waals surface area contributed by atoms with Gasteiger partial charge in [-0.05, 0) is 65.6 Å². The lowest BCUT2D eigenvalue weighted by Crippen LogP contribution is -2.48. The lowest BCUT2D eigenvalue weighted by atomic mass is 9.91. The Morgan fingerprint density at radius 2 is 1.86 bits per heavy atom. The third kappa shape index (κ3) is 5.57. The number of rotatable bonds is 6. The molecule has 1 amide bonds. The van der Waals surface area contributed by atoms with Gasteiger partial charge in [-0.25, -0.2) is 18.7 Å². The monoisotopic (exact) mass is 585 g/mol. The molecule has 1 atom stereocenters. The van der Waals surface area contributed by atoms with Gasteiger partial charge in [-0.1, -0.05) is 6.92 Å². The Labute approximate surface area is 243 Å². The molecule has 4 heterocycles. The molecule has 12 heteroatoms. The quantitative estimate of drug-likeness (QED) is 0.416. The minimum absolute atomic E-state index is 0.158. The number of halogens is 2. The normalized spacial score (nSPS) is 16.7. The van der Waals surface area contributed by atoms with Crippen molar-refractivity contribution >= 4 is 17.5 Å². The second-order valence-electron chi connectivity index (χ2n) is 11.8. The summed E-state index contributed by atoms with van der Waals surface area (Å²) in [5.41, 5.74) is 2.13. The molecule has 0 saturated carbocycles. The summed E-state index contributed by atoms with van der Waals surface area (Å²) in [5.74, 6) is -1.92. The number of likely N-dealkylation sites (N-methyl/N-ethyl adjacent to an activating group) is 1. The molecule has 5 rings (SSSR count). The van der Waals surface area contributed by atoms with Gasteiger partial charge >= 0.3 is 5.97 Å². The summed E-state index contributed by atoms with van der Waals surface area (Å²) in [6.45, 7) is 14.7. The van der Waals surface area contributed by atoms with Crippen LogP contribution >= 0.6 is 0 Å². The number of carbonyl (C=O) groups is 2. The molecule has 0 bridgehead atoms. The Morgan fingerprint density at radius 1 is 1.14 bits per heavy atom. The molecule has 2 aromatic heterocycles. The fraction of sp³-hybridized carbons (Fsp3) is 0.533. The average molecular weight is 586 g/mol. The molecule has 0 N–H and O–H groups in total. The zero-order chi connectivity index (χ0) is 30.3. The number of aromatic nitrogens is 3. The minimum atomic E-state index is -1.55. The van der Waals surface area contributed by atoms with E-state index in [4.69, 9.17) is 9.47 Å². The van der Waals surface area contributed by atoms with Gasteiger partial charge in [0.25, 0.3) is 5.91 Å². The molecule has 1 saturated heterocycles. The lowest BCUT2D eigenvalue weighted by molar-refractivity contribution is -0.205. The van der Waals surface area contributed by atoms with Crippen molar-refractivity contribution in [1.29, 1.82) is 0 Å². The molecule has 3 aromatic rings. The van der Waals surface area contributed by atoms with Crippen LogP contribution in [0.1, 0.15) is 73.1 Å². The summed E-state index contributed by atoms with van der Waals surface area (Å²) in [4.78, 5) is 38.7. The zero-order valence-electron chi connectivity index (χ0n) is 24.9.